The molecule has 0 atom stereocenters. The number of rotatable bonds is 1. The van der Waals surface area contributed by atoms with Gasteiger partial charge < -0.3 is 4.84 Å². The summed E-state index contributed by atoms with van der Waals surface area (Å²) in [5, 5.41) is 0.381. The van der Waals surface area contributed by atoms with Crippen LogP contribution < -0.4 is 10.5 Å². The minimum atomic E-state index is -4.93. The van der Waals surface area contributed by atoms with Gasteiger partial charge in [-0.3, -0.25) is 0 Å². The normalized spacial score (nSPS) is 11.7. The van der Waals surface area contributed by atoms with Gasteiger partial charge in [-0.15, -0.1) is 17.9 Å². The van der Waals surface area contributed by atoms with Gasteiger partial charge in [0, 0.05) is 11.6 Å². The van der Waals surface area contributed by atoms with Crippen LogP contribution in [0.1, 0.15) is 0 Å². The van der Waals surface area contributed by atoms with Crippen molar-refractivity contribution in [2.75, 3.05) is 0 Å². The van der Waals surface area contributed by atoms with Crippen molar-refractivity contribution in [2.24, 2.45) is 0 Å². The number of alkyl halides is 3. The first-order valence-electron chi connectivity index (χ1n) is 4.20. The van der Waals surface area contributed by atoms with Gasteiger partial charge in [0.05, 0.1) is 5.52 Å². The number of para-hydroxylation sites is 1. The van der Waals surface area contributed by atoms with Crippen LogP contribution in [0.4, 0.5) is 13.2 Å². The third-order valence-corrected chi connectivity index (χ3v) is 1.84. The van der Waals surface area contributed by atoms with Crippen molar-refractivity contribution in [3.05, 3.63) is 40.9 Å². The average Bonchev–Trinajstić information content (AvgIpc) is 2.21. The fourth-order valence-electron chi connectivity index (χ4n) is 1.25. The van der Waals surface area contributed by atoms with E-state index in [-0.39, 0.29) is 10.2 Å². The Morgan fingerprint density at radius 1 is 1.25 bits per heavy atom. The van der Waals surface area contributed by atoms with Crippen LogP contribution in [0.5, 0.6) is 0 Å². The molecule has 0 spiro atoms. The lowest BCUT2D eigenvalue weighted by atomic mass is 10.2. The van der Waals surface area contributed by atoms with Crippen LogP contribution in [0, 0.1) is 0 Å². The van der Waals surface area contributed by atoms with Crippen LogP contribution in [-0.4, -0.2) is 16.1 Å². The Bertz CT molecular complexity index is 577. The second-order valence-electron chi connectivity index (χ2n) is 2.93. The molecule has 16 heavy (non-hydrogen) atoms. The van der Waals surface area contributed by atoms with Crippen molar-refractivity contribution in [2.45, 2.75) is 6.36 Å². The fourth-order valence-corrected chi connectivity index (χ4v) is 1.25. The molecular weight excluding hydrogens is 225 g/mol. The van der Waals surface area contributed by atoms with Gasteiger partial charge in [-0.2, -0.15) is 4.98 Å². The summed E-state index contributed by atoms with van der Waals surface area (Å²) in [5.41, 5.74) is -1.10. The Labute approximate surface area is 86.9 Å². The van der Waals surface area contributed by atoms with Gasteiger partial charge in [-0.05, 0) is 6.07 Å². The molecule has 1 aromatic heterocycles. The van der Waals surface area contributed by atoms with E-state index in [2.05, 4.69) is 9.82 Å². The first kappa shape index (κ1) is 10.5. The first-order valence-corrected chi connectivity index (χ1v) is 4.20. The smallest absolute Gasteiger partial charge is 0.308 e. The molecule has 0 aliphatic heterocycles. The summed E-state index contributed by atoms with van der Waals surface area (Å²) in [6.07, 6.45) is -3.75. The summed E-state index contributed by atoms with van der Waals surface area (Å²) in [6.45, 7) is 0. The zero-order valence-electron chi connectivity index (χ0n) is 7.73. The minimum Gasteiger partial charge on any atom is -0.308 e. The zero-order valence-corrected chi connectivity index (χ0v) is 7.73. The van der Waals surface area contributed by atoms with Crippen LogP contribution >= 0.6 is 0 Å². The van der Waals surface area contributed by atoms with Gasteiger partial charge in [0.15, 0.2) is 0 Å². The van der Waals surface area contributed by atoms with Crippen molar-refractivity contribution in [3.8, 4) is 0 Å². The predicted molar refractivity (Wildman–Crippen MR) is 48.6 cm³/mol. The highest BCUT2D eigenvalue weighted by Crippen LogP contribution is 2.15. The van der Waals surface area contributed by atoms with E-state index in [0.29, 0.717) is 5.39 Å². The van der Waals surface area contributed by atoms with E-state index in [9.17, 15) is 18.0 Å². The van der Waals surface area contributed by atoms with E-state index in [1.165, 1.54) is 24.4 Å². The van der Waals surface area contributed by atoms with Crippen molar-refractivity contribution in [1.82, 2.24) is 9.71 Å². The van der Waals surface area contributed by atoms with E-state index < -0.39 is 12.1 Å². The maximum Gasteiger partial charge on any atom is 0.591 e. The molecular formula is C9H5F3N2O2. The topological polar surface area (TPSA) is 44.1 Å². The Morgan fingerprint density at radius 3 is 2.62 bits per heavy atom. The summed E-state index contributed by atoms with van der Waals surface area (Å²) in [5.74, 6) is 0. The molecule has 0 aliphatic rings. The van der Waals surface area contributed by atoms with Crippen LogP contribution in [0.3, 0.4) is 0 Å². The second kappa shape index (κ2) is 3.51. The number of nitrogens with zero attached hydrogens (tertiary/aromatic N) is 2. The van der Waals surface area contributed by atoms with Crippen molar-refractivity contribution in [3.63, 3.8) is 0 Å². The maximum atomic E-state index is 12.0. The van der Waals surface area contributed by atoms with Crippen LogP contribution in [-0.2, 0) is 0 Å². The zero-order chi connectivity index (χ0) is 11.8. The quantitative estimate of drug-likeness (QED) is 0.742. The fraction of sp³-hybridized carbons (Fsp3) is 0.111. The first-order chi connectivity index (χ1) is 7.47. The highest BCUT2D eigenvalue weighted by atomic mass is 19.4. The van der Waals surface area contributed by atoms with Gasteiger partial charge in [0.1, 0.15) is 0 Å². The third kappa shape index (κ3) is 1.97. The average molecular weight is 230 g/mol. The molecule has 0 radical (unpaired) electrons. The van der Waals surface area contributed by atoms with Crippen molar-refractivity contribution in [1.29, 1.82) is 0 Å². The van der Waals surface area contributed by atoms with Gasteiger partial charge in [-0.1, -0.05) is 18.2 Å². The van der Waals surface area contributed by atoms with Crippen molar-refractivity contribution >= 4 is 10.9 Å². The predicted octanol–water partition coefficient (Wildman–Crippen LogP) is 1.34. The molecule has 1 heterocycles. The van der Waals surface area contributed by atoms with Crippen molar-refractivity contribution < 1.29 is 18.0 Å². The molecule has 84 valence electrons. The van der Waals surface area contributed by atoms with E-state index in [4.69, 9.17) is 0 Å². The molecule has 0 fully saturated rings. The molecule has 7 heteroatoms. The number of hydrogen-bond acceptors (Lipinski definition) is 3. The molecule has 4 nitrogen and oxygen atoms in total. The SMILES string of the molecule is O=c1ncc2ccccc2n1OC(F)(F)F. The molecule has 0 bridgehead atoms. The molecule has 0 aliphatic carbocycles. The maximum absolute atomic E-state index is 12.0. The number of aromatic nitrogens is 2. The van der Waals surface area contributed by atoms with Gasteiger partial charge in [0.2, 0.25) is 0 Å². The Morgan fingerprint density at radius 2 is 1.94 bits per heavy atom. The number of hydrogen-bond donors (Lipinski definition) is 0. The molecule has 0 saturated heterocycles. The monoisotopic (exact) mass is 230 g/mol. The lowest BCUT2D eigenvalue weighted by molar-refractivity contribution is -0.322. The molecule has 0 unspecified atom stereocenters. The molecule has 0 amide bonds. The van der Waals surface area contributed by atoms with E-state index in [1.807, 2.05) is 0 Å². The molecule has 1 aromatic carbocycles. The minimum absolute atomic E-state index is 0.0137. The largest absolute Gasteiger partial charge is 0.591 e. The Balaban J connectivity index is 2.66. The molecule has 2 rings (SSSR count). The van der Waals surface area contributed by atoms with Gasteiger partial charge in [-0.25, -0.2) is 4.79 Å². The van der Waals surface area contributed by atoms with Gasteiger partial charge in [0.25, 0.3) is 0 Å². The molecule has 0 N–H and O–H groups in total. The highest BCUT2D eigenvalue weighted by molar-refractivity contribution is 5.77. The highest BCUT2D eigenvalue weighted by Gasteiger charge is 2.33. The van der Waals surface area contributed by atoms with E-state index in [0.717, 1.165) is 0 Å². The van der Waals surface area contributed by atoms with Gasteiger partial charge >= 0.3 is 12.1 Å². The van der Waals surface area contributed by atoms with Crippen LogP contribution in [0.25, 0.3) is 10.9 Å². The summed E-state index contributed by atoms with van der Waals surface area (Å²) >= 11 is 0. The third-order valence-electron chi connectivity index (χ3n) is 1.84. The van der Waals surface area contributed by atoms with E-state index >= 15 is 0 Å². The number of halogens is 3. The summed E-state index contributed by atoms with van der Waals surface area (Å²) in [7, 11) is 0. The summed E-state index contributed by atoms with van der Waals surface area (Å²) in [4.78, 5) is 18.0. The lowest BCUT2D eigenvalue weighted by Gasteiger charge is -2.11. The molecule has 0 saturated carbocycles. The Hall–Kier alpha value is -2.05. The summed E-state index contributed by atoms with van der Waals surface area (Å²) in [6, 6.07) is 5.98. The van der Waals surface area contributed by atoms with E-state index in [1.54, 1.807) is 6.07 Å². The van der Waals surface area contributed by atoms with Crippen LogP contribution in [0.15, 0.2) is 35.3 Å². The molecule has 2 aromatic rings. The summed E-state index contributed by atoms with van der Waals surface area (Å²) < 4.78 is 36.2. The second-order valence-corrected chi connectivity index (χ2v) is 2.93. The standard InChI is InChI=1S/C9H5F3N2O2/c10-9(11,12)16-14-7-4-2-1-3-6(7)5-13-8(14)15/h1-5H. The number of benzene rings is 1. The Kier molecular flexibility index (Phi) is 2.30. The van der Waals surface area contributed by atoms with Crippen LogP contribution in [0.2, 0.25) is 0 Å². The number of fused-ring (bicyclic) bond motifs is 1. The lowest BCUT2D eigenvalue weighted by Crippen LogP contribution is -2.36.